The SMILES string of the molecule is Cc1cc(Nc2cc(NC3CC(C(C)(C)O)C(O)C3O)c(-c3nc4ccccc4s3)cn2)cc(C)n1. The third-order valence-electron chi connectivity index (χ3n) is 6.71. The van der Waals surface area contributed by atoms with Crippen molar-refractivity contribution in [3.8, 4) is 10.6 Å². The minimum atomic E-state index is -1.12. The molecule has 0 radical (unpaired) electrons. The number of para-hydroxylation sites is 1. The van der Waals surface area contributed by atoms with Gasteiger partial charge in [0, 0.05) is 40.9 Å². The molecule has 8 nitrogen and oxygen atoms in total. The van der Waals surface area contributed by atoms with Crippen LogP contribution in [0.15, 0.2) is 48.7 Å². The van der Waals surface area contributed by atoms with E-state index in [1.807, 2.05) is 56.3 Å². The second-order valence-electron chi connectivity index (χ2n) is 10.1. The molecule has 1 aliphatic carbocycles. The molecule has 0 aliphatic heterocycles. The van der Waals surface area contributed by atoms with Crippen molar-refractivity contribution in [2.75, 3.05) is 10.6 Å². The zero-order chi connectivity index (χ0) is 25.6. The van der Waals surface area contributed by atoms with Crippen molar-refractivity contribution >= 4 is 38.7 Å². The first kappa shape index (κ1) is 24.6. The average molecular weight is 506 g/mol. The summed E-state index contributed by atoms with van der Waals surface area (Å²) in [5, 5.41) is 39.6. The molecule has 0 amide bonds. The summed E-state index contributed by atoms with van der Waals surface area (Å²) in [6.07, 6.45) is 0.128. The van der Waals surface area contributed by atoms with Gasteiger partial charge < -0.3 is 26.0 Å². The smallest absolute Gasteiger partial charge is 0.132 e. The van der Waals surface area contributed by atoms with Gasteiger partial charge in [0.25, 0.3) is 0 Å². The number of pyridine rings is 2. The Morgan fingerprint density at radius 1 is 1.00 bits per heavy atom. The monoisotopic (exact) mass is 505 g/mol. The van der Waals surface area contributed by atoms with E-state index in [1.165, 1.54) is 0 Å². The lowest BCUT2D eigenvalue weighted by Crippen LogP contribution is -2.40. The maximum absolute atomic E-state index is 10.8. The van der Waals surface area contributed by atoms with Gasteiger partial charge in [0.2, 0.25) is 0 Å². The quantitative estimate of drug-likeness (QED) is 0.261. The van der Waals surface area contributed by atoms with Gasteiger partial charge in [-0.25, -0.2) is 9.97 Å². The maximum Gasteiger partial charge on any atom is 0.132 e. The van der Waals surface area contributed by atoms with Gasteiger partial charge in [-0.2, -0.15) is 0 Å². The number of aromatic nitrogens is 3. The summed E-state index contributed by atoms with van der Waals surface area (Å²) in [5.74, 6) is 0.164. The van der Waals surface area contributed by atoms with Gasteiger partial charge in [0.1, 0.15) is 16.9 Å². The molecule has 36 heavy (non-hydrogen) atoms. The van der Waals surface area contributed by atoms with E-state index in [1.54, 1.807) is 31.4 Å². The molecular weight excluding hydrogens is 474 g/mol. The van der Waals surface area contributed by atoms with Crippen LogP contribution in [-0.4, -0.2) is 54.1 Å². The molecule has 4 aromatic rings. The fourth-order valence-electron chi connectivity index (χ4n) is 4.93. The first-order valence-corrected chi connectivity index (χ1v) is 12.8. The molecule has 1 saturated carbocycles. The highest BCUT2D eigenvalue weighted by molar-refractivity contribution is 7.21. The molecule has 0 saturated heterocycles. The zero-order valence-electron chi connectivity index (χ0n) is 20.7. The fraction of sp³-hybridized carbons (Fsp3) is 0.370. The minimum Gasteiger partial charge on any atom is -0.390 e. The highest BCUT2D eigenvalue weighted by Gasteiger charge is 2.47. The number of fused-ring (bicyclic) bond motifs is 1. The lowest BCUT2D eigenvalue weighted by atomic mass is 9.88. The molecular formula is C27H31N5O3S. The normalized spacial score (nSPS) is 22.2. The number of nitrogens with zero attached hydrogens (tertiary/aromatic N) is 3. The molecule has 3 aromatic heterocycles. The summed E-state index contributed by atoms with van der Waals surface area (Å²) in [4.78, 5) is 13.9. The number of thiazole rings is 1. The van der Waals surface area contributed by atoms with Crippen LogP contribution in [0.4, 0.5) is 17.2 Å². The Hall–Kier alpha value is -3.11. The van der Waals surface area contributed by atoms with Crippen LogP contribution in [0.25, 0.3) is 20.8 Å². The van der Waals surface area contributed by atoms with E-state index in [0.29, 0.717) is 12.2 Å². The van der Waals surface area contributed by atoms with Gasteiger partial charge in [0.15, 0.2) is 0 Å². The van der Waals surface area contributed by atoms with Gasteiger partial charge in [-0.3, -0.25) is 4.98 Å². The summed E-state index contributed by atoms with van der Waals surface area (Å²) >= 11 is 1.57. The zero-order valence-corrected chi connectivity index (χ0v) is 21.5. The van der Waals surface area contributed by atoms with E-state index in [0.717, 1.165) is 43.6 Å². The number of nitrogens with one attached hydrogen (secondary N) is 2. The molecule has 0 bridgehead atoms. The molecule has 5 N–H and O–H groups in total. The lowest BCUT2D eigenvalue weighted by Gasteiger charge is -2.28. The number of hydrogen-bond acceptors (Lipinski definition) is 9. The first-order valence-electron chi connectivity index (χ1n) is 12.0. The number of benzene rings is 1. The van der Waals surface area contributed by atoms with E-state index >= 15 is 0 Å². The number of anilines is 3. The molecule has 4 unspecified atom stereocenters. The summed E-state index contributed by atoms with van der Waals surface area (Å²) in [5.41, 5.74) is 4.02. The van der Waals surface area contributed by atoms with Gasteiger partial charge in [0.05, 0.1) is 33.5 Å². The molecule has 4 atom stereocenters. The Morgan fingerprint density at radius 3 is 2.39 bits per heavy atom. The third kappa shape index (κ3) is 4.92. The third-order valence-corrected chi connectivity index (χ3v) is 7.78. The maximum atomic E-state index is 10.8. The van der Waals surface area contributed by atoms with Crippen LogP contribution in [0.2, 0.25) is 0 Å². The van der Waals surface area contributed by atoms with Gasteiger partial charge in [-0.15, -0.1) is 11.3 Å². The molecule has 1 aromatic carbocycles. The second-order valence-corrected chi connectivity index (χ2v) is 11.1. The van der Waals surface area contributed by atoms with Crippen LogP contribution in [0, 0.1) is 19.8 Å². The molecule has 188 valence electrons. The Labute approximate surface area is 214 Å². The van der Waals surface area contributed by atoms with E-state index in [2.05, 4.69) is 20.6 Å². The molecule has 1 fully saturated rings. The largest absolute Gasteiger partial charge is 0.390 e. The predicted molar refractivity (Wildman–Crippen MR) is 144 cm³/mol. The van der Waals surface area contributed by atoms with Gasteiger partial charge in [-0.05, 0) is 58.4 Å². The van der Waals surface area contributed by atoms with Gasteiger partial charge in [-0.1, -0.05) is 12.1 Å². The van der Waals surface area contributed by atoms with E-state index in [4.69, 9.17) is 4.98 Å². The molecule has 3 heterocycles. The van der Waals surface area contributed by atoms with Crippen LogP contribution in [0.1, 0.15) is 31.7 Å². The highest BCUT2D eigenvalue weighted by atomic mass is 32.1. The van der Waals surface area contributed by atoms with Crippen molar-refractivity contribution in [3.63, 3.8) is 0 Å². The summed E-state index contributed by atoms with van der Waals surface area (Å²) in [7, 11) is 0. The van der Waals surface area contributed by atoms with Crippen LogP contribution in [-0.2, 0) is 0 Å². The first-order chi connectivity index (χ1) is 17.1. The number of aliphatic hydroxyl groups excluding tert-OH is 2. The molecule has 9 heteroatoms. The van der Waals surface area contributed by atoms with Crippen LogP contribution >= 0.6 is 11.3 Å². The molecule has 5 rings (SSSR count). The van der Waals surface area contributed by atoms with Gasteiger partial charge >= 0.3 is 0 Å². The van der Waals surface area contributed by atoms with Crippen molar-refractivity contribution in [3.05, 3.63) is 60.0 Å². The number of aliphatic hydroxyl groups is 3. The molecule has 0 spiro atoms. The van der Waals surface area contributed by atoms with E-state index in [-0.39, 0.29) is 0 Å². The highest BCUT2D eigenvalue weighted by Crippen LogP contribution is 2.40. The fourth-order valence-corrected chi connectivity index (χ4v) is 5.92. The van der Waals surface area contributed by atoms with Crippen molar-refractivity contribution in [1.82, 2.24) is 15.0 Å². The summed E-state index contributed by atoms with van der Waals surface area (Å²) in [6, 6.07) is 13.3. The number of rotatable bonds is 6. The van der Waals surface area contributed by atoms with Crippen LogP contribution < -0.4 is 10.6 Å². The average Bonchev–Trinajstić information content (AvgIpc) is 3.35. The standard InChI is InChI=1S/C27H31N5O3S/c1-14-9-16(10-15(2)29-14)30-23-12-20(31-21-11-18(27(3,4)35)24(33)25(21)34)17(13-28-23)26-32-19-7-5-6-8-22(19)36-26/h5-10,12-13,18,21,24-25,33-35H,11H2,1-4H3,(H2,28,29,30,31). The lowest BCUT2D eigenvalue weighted by molar-refractivity contribution is -0.0601. The Bertz CT molecular complexity index is 1350. The second kappa shape index (κ2) is 9.40. The Balaban J connectivity index is 1.52. The minimum absolute atomic E-state index is 0.416. The Kier molecular flexibility index (Phi) is 6.42. The van der Waals surface area contributed by atoms with Crippen molar-refractivity contribution in [2.24, 2.45) is 5.92 Å². The Morgan fingerprint density at radius 2 is 1.72 bits per heavy atom. The number of hydrogen-bond donors (Lipinski definition) is 5. The van der Waals surface area contributed by atoms with E-state index < -0.39 is 29.8 Å². The molecule has 1 aliphatic rings. The van der Waals surface area contributed by atoms with Crippen LogP contribution in [0.5, 0.6) is 0 Å². The number of aryl methyl sites for hydroxylation is 2. The summed E-state index contributed by atoms with van der Waals surface area (Å²) < 4.78 is 1.07. The topological polar surface area (TPSA) is 123 Å². The van der Waals surface area contributed by atoms with Crippen LogP contribution in [0.3, 0.4) is 0 Å². The predicted octanol–water partition coefficient (Wildman–Crippen LogP) is 4.41. The summed E-state index contributed by atoms with van der Waals surface area (Å²) in [6.45, 7) is 7.22. The van der Waals surface area contributed by atoms with Crippen molar-refractivity contribution in [2.45, 2.75) is 58.0 Å². The van der Waals surface area contributed by atoms with Crippen molar-refractivity contribution in [1.29, 1.82) is 0 Å². The van der Waals surface area contributed by atoms with Crippen molar-refractivity contribution < 1.29 is 15.3 Å². The van der Waals surface area contributed by atoms with E-state index in [9.17, 15) is 15.3 Å².